The topological polar surface area (TPSA) is 29.3 Å². The highest BCUT2D eigenvalue weighted by Crippen LogP contribution is 2.36. The van der Waals surface area contributed by atoms with Crippen LogP contribution in [-0.4, -0.2) is 17.5 Å². The molecule has 2 nitrogen and oxygen atoms in total. The lowest BCUT2D eigenvalue weighted by molar-refractivity contribution is 0.183. The Morgan fingerprint density at radius 1 is 1.38 bits per heavy atom. The standard InChI is InChI=1S/C17H21FN2S/c1-12-4-5-13(9-16(12)18)17(10-19)20(14-6-7-14)11-15-3-2-8-21-15/h2-5,8-9,14,17H,6-7,10-11,19H2,1H3. The predicted molar refractivity (Wildman–Crippen MR) is 85.8 cm³/mol. The first-order chi connectivity index (χ1) is 10.2. The number of halogens is 1. The molecule has 0 amide bonds. The van der Waals surface area contributed by atoms with Gasteiger partial charge in [-0.15, -0.1) is 11.3 Å². The summed E-state index contributed by atoms with van der Waals surface area (Å²) in [6.07, 6.45) is 2.44. The average Bonchev–Trinajstić information content (AvgIpc) is 3.20. The van der Waals surface area contributed by atoms with Gasteiger partial charge in [0.15, 0.2) is 0 Å². The molecule has 1 saturated carbocycles. The van der Waals surface area contributed by atoms with Gasteiger partial charge in [0.05, 0.1) is 0 Å². The van der Waals surface area contributed by atoms with Crippen molar-refractivity contribution in [1.82, 2.24) is 4.90 Å². The van der Waals surface area contributed by atoms with Gasteiger partial charge in [-0.3, -0.25) is 4.90 Å². The molecule has 0 bridgehead atoms. The quantitative estimate of drug-likeness (QED) is 0.878. The van der Waals surface area contributed by atoms with E-state index in [1.54, 1.807) is 24.3 Å². The van der Waals surface area contributed by atoms with E-state index >= 15 is 0 Å². The Morgan fingerprint density at radius 2 is 2.19 bits per heavy atom. The van der Waals surface area contributed by atoms with Crippen molar-refractivity contribution in [1.29, 1.82) is 0 Å². The molecule has 1 aromatic carbocycles. The molecule has 112 valence electrons. The van der Waals surface area contributed by atoms with Gasteiger partial charge in [0.1, 0.15) is 5.82 Å². The number of hydrogen-bond acceptors (Lipinski definition) is 3. The predicted octanol–water partition coefficient (Wildman–Crippen LogP) is 3.86. The van der Waals surface area contributed by atoms with Gasteiger partial charge in [-0.25, -0.2) is 4.39 Å². The van der Waals surface area contributed by atoms with E-state index in [0.717, 1.165) is 12.1 Å². The van der Waals surface area contributed by atoms with Gasteiger partial charge in [0.2, 0.25) is 0 Å². The summed E-state index contributed by atoms with van der Waals surface area (Å²) in [6.45, 7) is 3.21. The Kier molecular flexibility index (Phi) is 4.38. The lowest BCUT2D eigenvalue weighted by Crippen LogP contribution is -2.35. The molecule has 1 heterocycles. The van der Waals surface area contributed by atoms with Gasteiger partial charge in [0.25, 0.3) is 0 Å². The zero-order valence-corrected chi connectivity index (χ0v) is 13.1. The molecular weight excluding hydrogens is 283 g/mol. The Balaban J connectivity index is 1.86. The first-order valence-electron chi connectivity index (χ1n) is 7.43. The van der Waals surface area contributed by atoms with E-state index < -0.39 is 0 Å². The fourth-order valence-electron chi connectivity index (χ4n) is 2.76. The van der Waals surface area contributed by atoms with Crippen LogP contribution >= 0.6 is 11.3 Å². The van der Waals surface area contributed by atoms with Crippen LogP contribution in [0.4, 0.5) is 4.39 Å². The molecule has 0 aliphatic heterocycles. The minimum absolute atomic E-state index is 0.0923. The molecule has 0 spiro atoms. The molecule has 0 radical (unpaired) electrons. The van der Waals surface area contributed by atoms with Crippen LogP contribution in [-0.2, 0) is 6.54 Å². The maximum absolute atomic E-state index is 13.9. The van der Waals surface area contributed by atoms with Crippen LogP contribution in [0.2, 0.25) is 0 Å². The van der Waals surface area contributed by atoms with Gasteiger partial charge < -0.3 is 5.73 Å². The Labute approximate surface area is 129 Å². The van der Waals surface area contributed by atoms with Crippen molar-refractivity contribution in [2.45, 2.75) is 38.4 Å². The SMILES string of the molecule is Cc1ccc(C(CN)N(Cc2cccs2)C2CC2)cc1F. The molecule has 3 rings (SSSR count). The number of nitrogens with two attached hydrogens (primary N) is 1. The minimum atomic E-state index is -0.141. The second-order valence-corrected chi connectivity index (χ2v) is 6.78. The van der Waals surface area contributed by atoms with Crippen molar-refractivity contribution in [2.75, 3.05) is 6.54 Å². The molecule has 1 aliphatic rings. The monoisotopic (exact) mass is 304 g/mol. The van der Waals surface area contributed by atoms with Crippen molar-refractivity contribution >= 4 is 11.3 Å². The minimum Gasteiger partial charge on any atom is -0.329 e. The number of thiophene rings is 1. The zero-order valence-electron chi connectivity index (χ0n) is 12.3. The van der Waals surface area contributed by atoms with E-state index in [0.29, 0.717) is 18.2 Å². The summed E-state index contributed by atoms with van der Waals surface area (Å²) >= 11 is 1.77. The molecule has 1 aliphatic carbocycles. The van der Waals surface area contributed by atoms with Crippen molar-refractivity contribution in [3.05, 3.63) is 57.5 Å². The van der Waals surface area contributed by atoms with Crippen LogP contribution < -0.4 is 5.73 Å². The summed E-state index contributed by atoms with van der Waals surface area (Å²) in [5.74, 6) is -0.141. The maximum atomic E-state index is 13.9. The number of nitrogens with zero attached hydrogens (tertiary/aromatic N) is 1. The summed E-state index contributed by atoms with van der Waals surface area (Å²) in [6, 6.07) is 10.4. The van der Waals surface area contributed by atoms with Crippen LogP contribution in [0.15, 0.2) is 35.7 Å². The van der Waals surface area contributed by atoms with Crippen molar-refractivity contribution in [2.24, 2.45) is 5.73 Å². The fraction of sp³-hybridized carbons (Fsp3) is 0.412. The van der Waals surface area contributed by atoms with E-state index in [-0.39, 0.29) is 11.9 Å². The van der Waals surface area contributed by atoms with E-state index in [2.05, 4.69) is 22.4 Å². The zero-order chi connectivity index (χ0) is 14.8. The largest absolute Gasteiger partial charge is 0.329 e. The number of rotatable bonds is 6. The first-order valence-corrected chi connectivity index (χ1v) is 8.31. The summed E-state index contributed by atoms with van der Waals surface area (Å²) in [4.78, 5) is 3.78. The third kappa shape index (κ3) is 3.34. The molecule has 1 atom stereocenters. The van der Waals surface area contributed by atoms with Crippen LogP contribution in [0, 0.1) is 12.7 Å². The normalized spacial score (nSPS) is 16.4. The number of benzene rings is 1. The third-order valence-electron chi connectivity index (χ3n) is 4.14. The molecule has 1 aromatic heterocycles. The van der Waals surface area contributed by atoms with Crippen molar-refractivity contribution in [3.63, 3.8) is 0 Å². The Bertz CT molecular complexity index is 593. The van der Waals surface area contributed by atoms with Gasteiger partial charge in [0, 0.05) is 30.1 Å². The van der Waals surface area contributed by atoms with Crippen molar-refractivity contribution < 1.29 is 4.39 Å². The lowest BCUT2D eigenvalue weighted by atomic mass is 10.0. The molecule has 4 heteroatoms. The average molecular weight is 304 g/mol. The van der Waals surface area contributed by atoms with E-state index in [9.17, 15) is 4.39 Å². The highest BCUT2D eigenvalue weighted by molar-refractivity contribution is 7.09. The molecule has 1 unspecified atom stereocenters. The second-order valence-electron chi connectivity index (χ2n) is 5.74. The Morgan fingerprint density at radius 3 is 2.76 bits per heavy atom. The van der Waals surface area contributed by atoms with Crippen molar-refractivity contribution in [3.8, 4) is 0 Å². The number of hydrogen-bond donors (Lipinski definition) is 1. The molecular formula is C17H21FN2S. The highest BCUT2D eigenvalue weighted by atomic mass is 32.1. The van der Waals surface area contributed by atoms with Gasteiger partial charge in [-0.1, -0.05) is 18.2 Å². The summed E-state index contributed by atoms with van der Waals surface area (Å²) < 4.78 is 13.9. The fourth-order valence-corrected chi connectivity index (χ4v) is 3.47. The maximum Gasteiger partial charge on any atom is 0.126 e. The molecule has 2 aromatic rings. The van der Waals surface area contributed by atoms with Gasteiger partial charge >= 0.3 is 0 Å². The van der Waals surface area contributed by atoms with Crippen LogP contribution in [0.25, 0.3) is 0 Å². The van der Waals surface area contributed by atoms with Crippen LogP contribution in [0.1, 0.15) is 34.9 Å². The smallest absolute Gasteiger partial charge is 0.126 e. The lowest BCUT2D eigenvalue weighted by Gasteiger charge is -2.31. The molecule has 1 fully saturated rings. The number of aryl methyl sites for hydroxylation is 1. The molecule has 2 N–H and O–H groups in total. The summed E-state index contributed by atoms with van der Waals surface area (Å²) in [5.41, 5.74) is 7.70. The van der Waals surface area contributed by atoms with Crippen LogP contribution in [0.5, 0.6) is 0 Å². The third-order valence-corrected chi connectivity index (χ3v) is 5.00. The van der Waals surface area contributed by atoms with Gasteiger partial charge in [-0.05, 0) is 48.4 Å². The van der Waals surface area contributed by atoms with Gasteiger partial charge in [-0.2, -0.15) is 0 Å². The van der Waals surface area contributed by atoms with E-state index in [1.165, 1.54) is 17.7 Å². The summed E-state index contributed by atoms with van der Waals surface area (Å²) in [7, 11) is 0. The first kappa shape index (κ1) is 14.7. The van der Waals surface area contributed by atoms with E-state index in [1.807, 2.05) is 12.1 Å². The summed E-state index contributed by atoms with van der Waals surface area (Å²) in [5, 5.41) is 2.10. The molecule has 0 saturated heterocycles. The van der Waals surface area contributed by atoms with E-state index in [4.69, 9.17) is 5.73 Å². The highest BCUT2D eigenvalue weighted by Gasteiger charge is 2.34. The molecule has 21 heavy (non-hydrogen) atoms. The van der Waals surface area contributed by atoms with Crippen LogP contribution in [0.3, 0.4) is 0 Å². The second kappa shape index (κ2) is 6.26. The Hall–Kier alpha value is -1.23.